The molecule has 0 aliphatic heterocycles. The molecule has 0 aliphatic rings. The van der Waals surface area contributed by atoms with Crippen molar-refractivity contribution in [2.45, 2.75) is 65.6 Å². The van der Waals surface area contributed by atoms with Crippen molar-refractivity contribution in [3.8, 4) is 0 Å². The summed E-state index contributed by atoms with van der Waals surface area (Å²) in [5, 5.41) is 8.06. The van der Waals surface area contributed by atoms with Crippen LogP contribution in [0, 0.1) is 12.8 Å². The molecule has 188 valence electrons. The van der Waals surface area contributed by atoms with Gasteiger partial charge in [0.25, 0.3) is 5.91 Å². The minimum absolute atomic E-state index is 0.192. The smallest absolute Gasteiger partial charge is 0.257 e. The number of unbranched alkanes of at least 4 members (excludes halogenated alkanes) is 1. The van der Waals surface area contributed by atoms with Crippen LogP contribution in [0.3, 0.4) is 0 Å². The third-order valence-electron chi connectivity index (χ3n) is 5.53. The zero-order valence-electron chi connectivity index (χ0n) is 20.5. The van der Waals surface area contributed by atoms with Crippen molar-refractivity contribution in [2.75, 3.05) is 10.6 Å². The minimum Gasteiger partial charge on any atom is -0.366 e. The number of nitrogens with zero attached hydrogens (tertiary/aromatic N) is 3. The van der Waals surface area contributed by atoms with Gasteiger partial charge in [0.05, 0.1) is 22.8 Å². The Morgan fingerprint density at radius 2 is 1.94 bits per heavy atom. The van der Waals surface area contributed by atoms with Crippen LogP contribution in [0.1, 0.15) is 56.1 Å². The van der Waals surface area contributed by atoms with Gasteiger partial charge in [0, 0.05) is 17.5 Å². The number of fused-ring (bicyclic) bond motifs is 1. The van der Waals surface area contributed by atoms with E-state index in [2.05, 4.69) is 27.5 Å². The average Bonchev–Trinajstić information content (AvgIpc) is 3.36. The van der Waals surface area contributed by atoms with Crippen LogP contribution < -0.4 is 22.1 Å². The van der Waals surface area contributed by atoms with E-state index in [0.717, 1.165) is 24.1 Å². The van der Waals surface area contributed by atoms with Gasteiger partial charge in [-0.25, -0.2) is 9.97 Å². The van der Waals surface area contributed by atoms with E-state index < -0.39 is 29.7 Å². The lowest BCUT2D eigenvalue weighted by atomic mass is 9.96. The summed E-state index contributed by atoms with van der Waals surface area (Å²) in [5.74, 6) is -1.08. The number of rotatable bonds is 12. The van der Waals surface area contributed by atoms with E-state index in [4.69, 9.17) is 11.5 Å². The number of benzene rings is 1. The maximum Gasteiger partial charge on any atom is 0.257 e. The molecular formula is C24H33N7O3S. The second kappa shape index (κ2) is 11.4. The molecule has 0 radical (unpaired) electrons. The third-order valence-corrected chi connectivity index (χ3v) is 6.42. The monoisotopic (exact) mass is 499 g/mol. The Bertz CT molecular complexity index is 1220. The van der Waals surface area contributed by atoms with Gasteiger partial charge in [-0.05, 0) is 43.9 Å². The first-order valence-corrected chi connectivity index (χ1v) is 12.6. The topological polar surface area (TPSA) is 158 Å². The fourth-order valence-corrected chi connectivity index (χ4v) is 4.47. The molecule has 0 unspecified atom stereocenters. The van der Waals surface area contributed by atoms with Gasteiger partial charge in [-0.3, -0.25) is 19.7 Å². The highest BCUT2D eigenvalue weighted by atomic mass is 32.1. The number of amides is 2. The van der Waals surface area contributed by atoms with Crippen LogP contribution in [-0.2, 0) is 16.1 Å². The molecule has 1 aromatic carbocycles. The van der Waals surface area contributed by atoms with Crippen molar-refractivity contribution in [3.05, 3.63) is 34.8 Å². The van der Waals surface area contributed by atoms with E-state index in [1.807, 2.05) is 30.7 Å². The quantitative estimate of drug-likeness (QED) is 0.279. The van der Waals surface area contributed by atoms with E-state index in [1.54, 1.807) is 18.2 Å². The number of imidazole rings is 1. The summed E-state index contributed by atoms with van der Waals surface area (Å²) in [4.78, 5) is 47.1. The van der Waals surface area contributed by atoms with Gasteiger partial charge in [-0.15, -0.1) is 11.3 Å². The number of primary amides is 1. The van der Waals surface area contributed by atoms with Crippen molar-refractivity contribution >= 4 is 51.0 Å². The number of hydrogen-bond acceptors (Lipinski definition) is 8. The SMILES string of the molecule is CCCCn1c(NC(=O)[C@@H](Nc2nc(C)cs2)C(=O)[C@@H](N)CC(C)C)nc2cc(C(N)=O)ccc21. The van der Waals surface area contributed by atoms with E-state index in [-0.39, 0.29) is 11.9 Å². The first-order chi connectivity index (χ1) is 16.6. The lowest BCUT2D eigenvalue weighted by molar-refractivity contribution is -0.127. The Labute approximate surface area is 208 Å². The van der Waals surface area contributed by atoms with Crippen LogP contribution in [0.5, 0.6) is 0 Å². The molecule has 2 amide bonds. The lowest BCUT2D eigenvalue weighted by Crippen LogP contribution is -2.49. The molecule has 0 saturated carbocycles. The van der Waals surface area contributed by atoms with Gasteiger partial charge in [-0.2, -0.15) is 0 Å². The molecule has 35 heavy (non-hydrogen) atoms. The Kier molecular flexibility index (Phi) is 8.57. The molecule has 10 nitrogen and oxygen atoms in total. The van der Waals surface area contributed by atoms with Crippen LogP contribution in [0.15, 0.2) is 23.6 Å². The summed E-state index contributed by atoms with van der Waals surface area (Å²) in [7, 11) is 0. The standard InChI is InChI=1S/C24H33N7O3S/c1-5-6-9-31-18-8-7-15(21(26)33)11-17(18)28-23(31)30-22(34)19(20(32)16(25)10-13(2)3)29-24-27-14(4)12-35-24/h7-8,11-13,16,19H,5-6,9-10,25H2,1-4H3,(H2,26,33)(H,27,29)(H,28,30,34)/t16-,19-/m0/s1. The predicted octanol–water partition coefficient (Wildman–Crippen LogP) is 3.06. The molecule has 0 bridgehead atoms. The first-order valence-electron chi connectivity index (χ1n) is 11.7. The van der Waals surface area contributed by atoms with Gasteiger partial charge in [0.15, 0.2) is 17.0 Å². The maximum atomic E-state index is 13.4. The van der Waals surface area contributed by atoms with Crippen molar-refractivity contribution in [1.82, 2.24) is 14.5 Å². The van der Waals surface area contributed by atoms with Gasteiger partial charge in [0.1, 0.15) is 0 Å². The third kappa shape index (κ3) is 6.43. The van der Waals surface area contributed by atoms with E-state index in [9.17, 15) is 14.4 Å². The fourth-order valence-electron chi connectivity index (χ4n) is 3.75. The summed E-state index contributed by atoms with van der Waals surface area (Å²) >= 11 is 1.31. The number of hydrogen-bond donors (Lipinski definition) is 4. The summed E-state index contributed by atoms with van der Waals surface area (Å²) < 4.78 is 1.87. The average molecular weight is 500 g/mol. The van der Waals surface area contributed by atoms with Crippen LogP contribution in [0.2, 0.25) is 0 Å². The minimum atomic E-state index is -1.24. The molecule has 0 saturated heterocycles. The number of nitrogens with one attached hydrogen (secondary N) is 2. The highest BCUT2D eigenvalue weighted by molar-refractivity contribution is 7.13. The number of thiazole rings is 1. The largest absolute Gasteiger partial charge is 0.366 e. The van der Waals surface area contributed by atoms with Gasteiger partial charge in [0.2, 0.25) is 11.9 Å². The molecule has 6 N–H and O–H groups in total. The Morgan fingerprint density at radius 1 is 1.20 bits per heavy atom. The molecule has 0 spiro atoms. The first kappa shape index (κ1) is 26.3. The fraction of sp³-hybridized carbons (Fsp3) is 0.458. The molecule has 2 heterocycles. The van der Waals surface area contributed by atoms with Crippen LogP contribution in [0.25, 0.3) is 11.0 Å². The zero-order valence-corrected chi connectivity index (χ0v) is 21.3. The molecule has 3 rings (SSSR count). The van der Waals surface area contributed by atoms with Crippen molar-refractivity contribution < 1.29 is 14.4 Å². The number of carbonyl (C=O) groups is 3. The molecule has 3 aromatic rings. The van der Waals surface area contributed by atoms with Gasteiger partial charge < -0.3 is 21.4 Å². The van der Waals surface area contributed by atoms with Crippen LogP contribution in [0.4, 0.5) is 11.1 Å². The van der Waals surface area contributed by atoms with E-state index in [1.165, 1.54) is 11.3 Å². The Balaban J connectivity index is 1.95. The Hall–Kier alpha value is -3.31. The Morgan fingerprint density at radius 3 is 2.54 bits per heavy atom. The lowest BCUT2D eigenvalue weighted by Gasteiger charge is -2.21. The number of nitrogens with two attached hydrogens (primary N) is 2. The van der Waals surface area contributed by atoms with Gasteiger partial charge >= 0.3 is 0 Å². The summed E-state index contributed by atoms with van der Waals surface area (Å²) in [6, 6.07) is 2.93. The summed E-state index contributed by atoms with van der Waals surface area (Å²) in [6.45, 7) is 8.43. The van der Waals surface area contributed by atoms with Crippen molar-refractivity contribution in [1.29, 1.82) is 0 Å². The van der Waals surface area contributed by atoms with Crippen LogP contribution >= 0.6 is 11.3 Å². The van der Waals surface area contributed by atoms with Crippen LogP contribution in [-0.4, -0.2) is 44.2 Å². The molecule has 0 aliphatic carbocycles. The highest BCUT2D eigenvalue weighted by Gasteiger charge is 2.32. The number of aryl methyl sites for hydroxylation is 2. The zero-order chi connectivity index (χ0) is 25.7. The van der Waals surface area contributed by atoms with E-state index >= 15 is 0 Å². The summed E-state index contributed by atoms with van der Waals surface area (Å²) in [6.07, 6.45) is 2.23. The highest BCUT2D eigenvalue weighted by Crippen LogP contribution is 2.23. The summed E-state index contributed by atoms with van der Waals surface area (Å²) in [5.41, 5.74) is 14.0. The molecule has 2 atom stereocenters. The molecular weight excluding hydrogens is 466 g/mol. The van der Waals surface area contributed by atoms with Gasteiger partial charge in [-0.1, -0.05) is 27.2 Å². The second-order valence-corrected chi connectivity index (χ2v) is 9.87. The normalized spacial score (nSPS) is 13.1. The molecule has 11 heteroatoms. The number of ketones is 1. The predicted molar refractivity (Wildman–Crippen MR) is 138 cm³/mol. The van der Waals surface area contributed by atoms with Crippen molar-refractivity contribution in [3.63, 3.8) is 0 Å². The van der Waals surface area contributed by atoms with Crippen molar-refractivity contribution in [2.24, 2.45) is 17.4 Å². The molecule has 2 aromatic heterocycles. The second-order valence-electron chi connectivity index (χ2n) is 9.01. The number of aromatic nitrogens is 3. The molecule has 0 fully saturated rings. The number of carbonyl (C=O) groups excluding carboxylic acids is 3. The number of Topliss-reactive ketones (excluding diaryl/α,β-unsaturated/α-hetero) is 1. The number of anilines is 2. The van der Waals surface area contributed by atoms with E-state index in [0.29, 0.717) is 29.2 Å². The maximum absolute atomic E-state index is 13.4.